The molecule has 1 aliphatic rings. The van der Waals surface area contributed by atoms with Crippen molar-refractivity contribution in [1.29, 1.82) is 0 Å². The van der Waals surface area contributed by atoms with E-state index in [1.165, 1.54) is 12.1 Å². The van der Waals surface area contributed by atoms with Crippen molar-refractivity contribution in [1.82, 2.24) is 0 Å². The van der Waals surface area contributed by atoms with Crippen LogP contribution in [0.4, 0.5) is 18.9 Å². The minimum Gasteiger partial charge on any atom is -0.330 e. The van der Waals surface area contributed by atoms with Crippen molar-refractivity contribution in [3.8, 4) is 0 Å². The SMILES string of the molecule is Cl.NC[C@H]1CCC[C@H]1C(=O)Nc1cc(F)ccc1SCC(F)F. The van der Waals surface area contributed by atoms with E-state index in [0.29, 0.717) is 11.4 Å². The second-order valence-electron chi connectivity index (χ2n) is 5.37. The highest BCUT2D eigenvalue weighted by atomic mass is 35.5. The van der Waals surface area contributed by atoms with Crippen molar-refractivity contribution < 1.29 is 18.0 Å². The maximum atomic E-state index is 13.4. The Morgan fingerprint density at radius 1 is 1.39 bits per heavy atom. The van der Waals surface area contributed by atoms with E-state index in [2.05, 4.69) is 5.32 Å². The van der Waals surface area contributed by atoms with E-state index in [9.17, 15) is 18.0 Å². The van der Waals surface area contributed by atoms with Crippen molar-refractivity contribution >= 4 is 35.8 Å². The summed E-state index contributed by atoms with van der Waals surface area (Å²) in [4.78, 5) is 12.8. The van der Waals surface area contributed by atoms with Crippen LogP contribution in [-0.4, -0.2) is 24.6 Å². The van der Waals surface area contributed by atoms with Crippen LogP contribution in [0.1, 0.15) is 19.3 Å². The Kier molecular flexibility index (Phi) is 8.22. The van der Waals surface area contributed by atoms with E-state index < -0.39 is 18.0 Å². The van der Waals surface area contributed by atoms with Crippen molar-refractivity contribution in [2.45, 2.75) is 30.6 Å². The van der Waals surface area contributed by atoms with E-state index in [-0.39, 0.29) is 35.8 Å². The zero-order chi connectivity index (χ0) is 16.1. The summed E-state index contributed by atoms with van der Waals surface area (Å²) in [7, 11) is 0. The zero-order valence-electron chi connectivity index (χ0n) is 12.4. The first kappa shape index (κ1) is 20.1. The molecule has 0 saturated heterocycles. The lowest BCUT2D eigenvalue weighted by Gasteiger charge is -2.18. The zero-order valence-corrected chi connectivity index (χ0v) is 14.1. The summed E-state index contributed by atoms with van der Waals surface area (Å²) >= 11 is 0.899. The second-order valence-corrected chi connectivity index (χ2v) is 6.43. The van der Waals surface area contributed by atoms with Gasteiger partial charge < -0.3 is 11.1 Å². The number of hydrogen-bond donors (Lipinski definition) is 2. The number of thioether (sulfide) groups is 1. The van der Waals surface area contributed by atoms with Gasteiger partial charge >= 0.3 is 0 Å². The maximum absolute atomic E-state index is 13.4. The number of anilines is 1. The van der Waals surface area contributed by atoms with Gasteiger partial charge in [0.05, 0.1) is 11.4 Å². The molecule has 1 amide bonds. The van der Waals surface area contributed by atoms with Gasteiger partial charge in [-0.05, 0) is 43.5 Å². The van der Waals surface area contributed by atoms with Gasteiger partial charge in [0.2, 0.25) is 12.3 Å². The average molecular weight is 369 g/mol. The van der Waals surface area contributed by atoms with Gasteiger partial charge in [0.25, 0.3) is 0 Å². The molecule has 2 atom stereocenters. The van der Waals surface area contributed by atoms with Crippen molar-refractivity contribution in [2.24, 2.45) is 17.6 Å². The third-order valence-electron chi connectivity index (χ3n) is 3.86. The number of hydrogen-bond acceptors (Lipinski definition) is 3. The molecule has 0 spiro atoms. The molecule has 0 unspecified atom stereocenters. The van der Waals surface area contributed by atoms with Crippen LogP contribution in [0.2, 0.25) is 0 Å². The number of amides is 1. The molecule has 1 fully saturated rings. The van der Waals surface area contributed by atoms with E-state index >= 15 is 0 Å². The molecular weight excluding hydrogens is 349 g/mol. The highest BCUT2D eigenvalue weighted by Gasteiger charge is 2.32. The molecule has 1 aliphatic carbocycles. The Hall–Kier alpha value is -0.920. The Morgan fingerprint density at radius 2 is 2.13 bits per heavy atom. The highest BCUT2D eigenvalue weighted by Crippen LogP contribution is 2.34. The molecule has 1 aromatic carbocycles. The van der Waals surface area contributed by atoms with Gasteiger partial charge in [-0.3, -0.25) is 4.79 Å². The third-order valence-corrected chi connectivity index (χ3v) is 4.95. The quantitative estimate of drug-likeness (QED) is 0.748. The summed E-state index contributed by atoms with van der Waals surface area (Å²) in [5, 5.41) is 2.68. The number of alkyl halides is 2. The number of halogens is 4. The standard InChI is InChI=1S/C15H19F3N2OS.ClH/c16-10-4-5-13(22-8-14(17)18)12(6-10)20-15(21)11-3-1-2-9(11)7-19;/h4-6,9,11,14H,1-3,7-8,19H2,(H,20,21);1H/t9-,11-;/m1./s1. The van der Waals surface area contributed by atoms with Gasteiger partial charge in [0, 0.05) is 10.8 Å². The molecule has 0 aromatic heterocycles. The van der Waals surface area contributed by atoms with Crippen LogP contribution in [0.15, 0.2) is 23.1 Å². The van der Waals surface area contributed by atoms with Gasteiger partial charge in [-0.2, -0.15) is 0 Å². The van der Waals surface area contributed by atoms with Crippen LogP contribution in [0.25, 0.3) is 0 Å². The van der Waals surface area contributed by atoms with Crippen LogP contribution in [0, 0.1) is 17.7 Å². The molecule has 23 heavy (non-hydrogen) atoms. The fraction of sp³-hybridized carbons (Fsp3) is 0.533. The Balaban J connectivity index is 0.00000264. The van der Waals surface area contributed by atoms with Crippen LogP contribution in [0.3, 0.4) is 0 Å². The highest BCUT2D eigenvalue weighted by molar-refractivity contribution is 7.99. The first-order valence-electron chi connectivity index (χ1n) is 7.22. The number of rotatable bonds is 6. The minimum absolute atomic E-state index is 0. The molecule has 3 N–H and O–H groups in total. The summed E-state index contributed by atoms with van der Waals surface area (Å²) in [5.74, 6) is -1.19. The molecule has 8 heteroatoms. The number of carbonyl (C=O) groups excluding carboxylic acids is 1. The molecule has 1 aromatic rings. The Labute approximate surface area is 144 Å². The number of carbonyl (C=O) groups is 1. The average Bonchev–Trinajstić information content (AvgIpc) is 2.94. The Morgan fingerprint density at radius 3 is 2.78 bits per heavy atom. The summed E-state index contributed by atoms with van der Waals surface area (Å²) < 4.78 is 38.1. The molecular formula is C15H20ClF3N2OS. The molecule has 2 rings (SSSR count). The minimum atomic E-state index is -2.46. The summed E-state index contributed by atoms with van der Waals surface area (Å²) in [5.41, 5.74) is 5.91. The molecule has 1 saturated carbocycles. The van der Waals surface area contributed by atoms with Crippen LogP contribution in [0.5, 0.6) is 0 Å². The first-order chi connectivity index (χ1) is 10.5. The normalized spacial score (nSPS) is 20.4. The Bertz CT molecular complexity index is 533. The van der Waals surface area contributed by atoms with E-state index in [4.69, 9.17) is 5.73 Å². The number of benzene rings is 1. The molecule has 130 valence electrons. The van der Waals surface area contributed by atoms with Gasteiger partial charge in [-0.25, -0.2) is 13.2 Å². The van der Waals surface area contributed by atoms with Crippen molar-refractivity contribution in [3.05, 3.63) is 24.0 Å². The van der Waals surface area contributed by atoms with Crippen LogP contribution in [-0.2, 0) is 4.79 Å². The fourth-order valence-electron chi connectivity index (χ4n) is 2.77. The van der Waals surface area contributed by atoms with E-state index in [1.54, 1.807) is 0 Å². The van der Waals surface area contributed by atoms with Gasteiger partial charge in [0.15, 0.2) is 0 Å². The largest absolute Gasteiger partial charge is 0.330 e. The smallest absolute Gasteiger partial charge is 0.247 e. The number of nitrogens with two attached hydrogens (primary N) is 1. The van der Waals surface area contributed by atoms with Crippen molar-refractivity contribution in [2.75, 3.05) is 17.6 Å². The molecule has 3 nitrogen and oxygen atoms in total. The predicted molar refractivity (Wildman–Crippen MR) is 88.9 cm³/mol. The van der Waals surface area contributed by atoms with Crippen LogP contribution >= 0.6 is 24.2 Å². The summed E-state index contributed by atoms with van der Waals surface area (Å²) in [6.07, 6.45) is 0.138. The lowest BCUT2D eigenvalue weighted by Crippen LogP contribution is -2.30. The van der Waals surface area contributed by atoms with Crippen molar-refractivity contribution in [3.63, 3.8) is 0 Å². The molecule has 0 aliphatic heterocycles. The van der Waals surface area contributed by atoms with Gasteiger partial charge in [0.1, 0.15) is 5.82 Å². The molecule has 0 bridgehead atoms. The lowest BCUT2D eigenvalue weighted by atomic mass is 9.95. The van der Waals surface area contributed by atoms with Gasteiger partial charge in [-0.1, -0.05) is 6.42 Å². The summed E-state index contributed by atoms with van der Waals surface area (Å²) in [6, 6.07) is 3.77. The lowest BCUT2D eigenvalue weighted by molar-refractivity contribution is -0.120. The van der Waals surface area contributed by atoms with Crippen LogP contribution < -0.4 is 11.1 Å². The van der Waals surface area contributed by atoms with Gasteiger partial charge in [-0.15, -0.1) is 24.2 Å². The second kappa shape index (κ2) is 9.39. The first-order valence-corrected chi connectivity index (χ1v) is 8.21. The third kappa shape index (κ3) is 5.58. The number of nitrogens with one attached hydrogen (secondary N) is 1. The molecule has 0 radical (unpaired) electrons. The van der Waals surface area contributed by atoms with E-state index in [0.717, 1.165) is 37.1 Å². The fourth-order valence-corrected chi connectivity index (χ4v) is 3.50. The van der Waals surface area contributed by atoms with E-state index in [1.807, 2.05) is 0 Å². The monoisotopic (exact) mass is 368 g/mol. The maximum Gasteiger partial charge on any atom is 0.247 e. The molecule has 0 heterocycles. The summed E-state index contributed by atoms with van der Waals surface area (Å²) in [6.45, 7) is 0.439. The predicted octanol–water partition coefficient (Wildman–Crippen LogP) is 3.92. The topological polar surface area (TPSA) is 55.1 Å².